The highest BCUT2D eigenvalue weighted by Gasteiger charge is 2.24. The van der Waals surface area contributed by atoms with Crippen molar-refractivity contribution in [2.45, 2.75) is 19.5 Å². The topological polar surface area (TPSA) is 43.2 Å². The summed E-state index contributed by atoms with van der Waals surface area (Å²) in [5.41, 5.74) is 3.44. The smallest absolute Gasteiger partial charge is 0.123 e. The molecule has 0 saturated carbocycles. The van der Waals surface area contributed by atoms with Gasteiger partial charge < -0.3 is 0 Å². The fourth-order valence-corrected chi connectivity index (χ4v) is 3.42. The average molecular weight is 385 g/mol. The summed E-state index contributed by atoms with van der Waals surface area (Å²) in [5.74, 6) is 0. The molecule has 0 amide bonds. The Balaban J connectivity index is 1.59. The van der Waals surface area contributed by atoms with Gasteiger partial charge in [-0.05, 0) is 42.3 Å². The summed E-state index contributed by atoms with van der Waals surface area (Å²) in [7, 11) is 0. The monoisotopic (exact) mass is 384 g/mol. The van der Waals surface area contributed by atoms with Crippen LogP contribution in [0.4, 0.5) is 0 Å². The zero-order valence-electron chi connectivity index (χ0n) is 13.8. The molecule has 1 aliphatic rings. The molecule has 1 fully saturated rings. The summed E-state index contributed by atoms with van der Waals surface area (Å²) >= 11 is 3.45. The van der Waals surface area contributed by atoms with Crippen molar-refractivity contribution in [1.82, 2.24) is 14.8 Å². The molecule has 1 aromatic carbocycles. The van der Waals surface area contributed by atoms with E-state index in [9.17, 15) is 5.26 Å². The minimum atomic E-state index is -0.164. The highest BCUT2D eigenvalue weighted by molar-refractivity contribution is 9.10. The maximum Gasteiger partial charge on any atom is 0.123 e. The van der Waals surface area contributed by atoms with Gasteiger partial charge >= 0.3 is 0 Å². The lowest BCUT2D eigenvalue weighted by molar-refractivity contribution is 0.109. The SMILES string of the molecule is Cc1cc(CN2CCN(C(C#N)c3ccc(Br)cc3)CC2)ccn1. The molecule has 2 heterocycles. The summed E-state index contributed by atoms with van der Waals surface area (Å²) in [6, 6.07) is 14.6. The van der Waals surface area contributed by atoms with E-state index in [1.807, 2.05) is 37.4 Å². The molecule has 0 aliphatic carbocycles. The fraction of sp³-hybridized carbons (Fsp3) is 0.368. The van der Waals surface area contributed by atoms with Gasteiger partial charge in [0.1, 0.15) is 6.04 Å². The number of hydrogen-bond donors (Lipinski definition) is 0. The lowest BCUT2D eigenvalue weighted by atomic mass is 10.1. The molecule has 0 N–H and O–H groups in total. The second-order valence-corrected chi connectivity index (χ2v) is 7.12. The van der Waals surface area contributed by atoms with Gasteiger partial charge in [0, 0.05) is 49.1 Å². The molecule has 2 aromatic rings. The van der Waals surface area contributed by atoms with Gasteiger partial charge in [-0.25, -0.2) is 0 Å². The molecule has 0 radical (unpaired) electrons. The second-order valence-electron chi connectivity index (χ2n) is 6.20. The molecule has 4 nitrogen and oxygen atoms in total. The van der Waals surface area contributed by atoms with E-state index in [-0.39, 0.29) is 6.04 Å². The van der Waals surface area contributed by atoms with Crippen molar-refractivity contribution in [1.29, 1.82) is 5.26 Å². The Bertz CT molecular complexity index is 715. The minimum absolute atomic E-state index is 0.164. The number of nitrogens with zero attached hydrogens (tertiary/aromatic N) is 4. The van der Waals surface area contributed by atoms with E-state index in [1.165, 1.54) is 5.56 Å². The number of aryl methyl sites for hydroxylation is 1. The van der Waals surface area contributed by atoms with E-state index in [0.717, 1.165) is 48.5 Å². The standard InChI is InChI=1S/C19H21BrN4/c1-15-12-16(6-7-22-15)14-23-8-10-24(11-9-23)19(13-21)17-2-4-18(20)5-3-17/h2-7,12,19H,8-11,14H2,1H3. The molecule has 1 atom stereocenters. The van der Waals surface area contributed by atoms with E-state index in [2.05, 4.69) is 48.9 Å². The molecule has 3 rings (SSSR count). The van der Waals surface area contributed by atoms with Gasteiger partial charge in [-0.1, -0.05) is 28.1 Å². The molecule has 5 heteroatoms. The Hall–Kier alpha value is -1.74. The molecule has 0 bridgehead atoms. The number of rotatable bonds is 4. The summed E-state index contributed by atoms with van der Waals surface area (Å²) < 4.78 is 1.04. The van der Waals surface area contributed by atoms with Crippen LogP contribution in [0.15, 0.2) is 47.1 Å². The first-order valence-corrected chi connectivity index (χ1v) is 8.98. The molecule has 1 aromatic heterocycles. The number of aromatic nitrogens is 1. The number of nitriles is 1. The van der Waals surface area contributed by atoms with Crippen LogP contribution in [0.3, 0.4) is 0 Å². The van der Waals surface area contributed by atoms with Gasteiger partial charge in [0.2, 0.25) is 0 Å². The summed E-state index contributed by atoms with van der Waals surface area (Å²) in [4.78, 5) is 8.97. The maximum atomic E-state index is 9.61. The highest BCUT2D eigenvalue weighted by Crippen LogP contribution is 2.23. The van der Waals surface area contributed by atoms with Crippen LogP contribution in [0.25, 0.3) is 0 Å². The minimum Gasteiger partial charge on any atom is -0.297 e. The Labute approximate surface area is 151 Å². The molecule has 1 aliphatic heterocycles. The van der Waals surface area contributed by atoms with Crippen molar-refractivity contribution in [3.8, 4) is 6.07 Å². The predicted molar refractivity (Wildman–Crippen MR) is 98.3 cm³/mol. The van der Waals surface area contributed by atoms with Crippen molar-refractivity contribution in [2.24, 2.45) is 0 Å². The quantitative estimate of drug-likeness (QED) is 0.808. The van der Waals surface area contributed by atoms with Crippen molar-refractivity contribution in [3.05, 3.63) is 63.9 Å². The summed E-state index contributed by atoms with van der Waals surface area (Å²) in [6.07, 6.45) is 1.88. The van der Waals surface area contributed by atoms with E-state index < -0.39 is 0 Å². The molecule has 0 spiro atoms. The van der Waals surface area contributed by atoms with E-state index in [0.29, 0.717) is 0 Å². The summed E-state index contributed by atoms with van der Waals surface area (Å²) in [5, 5.41) is 9.61. The predicted octanol–water partition coefficient (Wildman–Crippen LogP) is 3.54. The third-order valence-electron chi connectivity index (χ3n) is 4.45. The number of hydrogen-bond acceptors (Lipinski definition) is 4. The molecule has 124 valence electrons. The van der Waals surface area contributed by atoms with Crippen LogP contribution >= 0.6 is 15.9 Å². The Kier molecular flexibility index (Phi) is 5.62. The molecule has 1 unspecified atom stereocenters. The second kappa shape index (κ2) is 7.89. The first-order valence-electron chi connectivity index (χ1n) is 8.19. The van der Waals surface area contributed by atoms with E-state index >= 15 is 0 Å². The van der Waals surface area contributed by atoms with Crippen LogP contribution in [0, 0.1) is 18.3 Å². The van der Waals surface area contributed by atoms with Crippen LogP contribution in [-0.2, 0) is 6.54 Å². The third-order valence-corrected chi connectivity index (χ3v) is 4.98. The van der Waals surface area contributed by atoms with Crippen molar-refractivity contribution in [3.63, 3.8) is 0 Å². The van der Waals surface area contributed by atoms with E-state index in [4.69, 9.17) is 0 Å². The lowest BCUT2D eigenvalue weighted by Gasteiger charge is -2.37. The van der Waals surface area contributed by atoms with Gasteiger partial charge in [0.15, 0.2) is 0 Å². The molecule has 1 saturated heterocycles. The van der Waals surface area contributed by atoms with Crippen molar-refractivity contribution in [2.75, 3.05) is 26.2 Å². The van der Waals surface area contributed by atoms with E-state index in [1.54, 1.807) is 0 Å². The first-order chi connectivity index (χ1) is 11.7. The molecular formula is C19H21BrN4. The summed E-state index contributed by atoms with van der Waals surface area (Å²) in [6.45, 7) is 6.77. The molecular weight excluding hydrogens is 364 g/mol. The van der Waals surface area contributed by atoms with Crippen LogP contribution in [0.5, 0.6) is 0 Å². The highest BCUT2D eigenvalue weighted by atomic mass is 79.9. The van der Waals surface area contributed by atoms with Crippen molar-refractivity contribution >= 4 is 15.9 Å². The van der Waals surface area contributed by atoms with Gasteiger partial charge in [-0.2, -0.15) is 5.26 Å². The fourth-order valence-electron chi connectivity index (χ4n) is 3.15. The number of halogens is 1. The number of piperazine rings is 1. The average Bonchev–Trinajstić information content (AvgIpc) is 2.59. The zero-order valence-corrected chi connectivity index (χ0v) is 15.4. The largest absolute Gasteiger partial charge is 0.297 e. The lowest BCUT2D eigenvalue weighted by Crippen LogP contribution is -2.46. The number of benzene rings is 1. The van der Waals surface area contributed by atoms with Crippen LogP contribution < -0.4 is 0 Å². The Morgan fingerprint density at radius 2 is 1.88 bits per heavy atom. The van der Waals surface area contributed by atoms with Crippen molar-refractivity contribution < 1.29 is 0 Å². The van der Waals surface area contributed by atoms with Gasteiger partial charge in [0.05, 0.1) is 6.07 Å². The zero-order chi connectivity index (χ0) is 16.9. The normalized spacial score (nSPS) is 17.4. The van der Waals surface area contributed by atoms with Gasteiger partial charge in [-0.15, -0.1) is 0 Å². The Morgan fingerprint density at radius 3 is 2.50 bits per heavy atom. The van der Waals surface area contributed by atoms with Crippen LogP contribution in [-0.4, -0.2) is 41.0 Å². The third kappa shape index (κ3) is 4.21. The molecule has 24 heavy (non-hydrogen) atoms. The first kappa shape index (κ1) is 17.1. The van der Waals surface area contributed by atoms with Crippen LogP contribution in [0.2, 0.25) is 0 Å². The van der Waals surface area contributed by atoms with Gasteiger partial charge in [-0.3, -0.25) is 14.8 Å². The maximum absolute atomic E-state index is 9.61. The Morgan fingerprint density at radius 1 is 1.17 bits per heavy atom. The van der Waals surface area contributed by atoms with Crippen LogP contribution in [0.1, 0.15) is 22.9 Å². The van der Waals surface area contributed by atoms with Gasteiger partial charge in [0.25, 0.3) is 0 Å². The number of pyridine rings is 1.